The second-order valence-electron chi connectivity index (χ2n) is 4.16. The van der Waals surface area contributed by atoms with Crippen LogP contribution in [0.5, 0.6) is 5.88 Å². The number of H-pyrrole nitrogens is 1. The summed E-state index contributed by atoms with van der Waals surface area (Å²) in [5.74, 6) is 1.29. The molecule has 0 radical (unpaired) electrons. The lowest BCUT2D eigenvalue weighted by Gasteiger charge is -2.03. The fourth-order valence-electron chi connectivity index (χ4n) is 2.12. The molecular formula is C14H14N4O. The van der Waals surface area contributed by atoms with Crippen LogP contribution in [0, 0.1) is 0 Å². The summed E-state index contributed by atoms with van der Waals surface area (Å²) < 4.78 is 5.26. The number of hydrogen-bond acceptors (Lipinski definition) is 4. The number of benzene rings is 1. The van der Waals surface area contributed by atoms with Gasteiger partial charge in [0.05, 0.1) is 23.7 Å². The molecule has 0 unspecified atom stereocenters. The number of rotatable bonds is 3. The summed E-state index contributed by atoms with van der Waals surface area (Å²) in [5, 5.41) is 0. The summed E-state index contributed by atoms with van der Waals surface area (Å²) in [6, 6.07) is 9.70. The fraction of sp³-hybridized carbons (Fsp3) is 0.143. The molecule has 5 nitrogen and oxygen atoms in total. The van der Waals surface area contributed by atoms with Crippen LogP contribution >= 0.6 is 0 Å². The van der Waals surface area contributed by atoms with Gasteiger partial charge in [0.15, 0.2) is 0 Å². The number of aromatic amines is 1. The molecule has 0 aliphatic rings. The van der Waals surface area contributed by atoms with E-state index in [0.29, 0.717) is 12.4 Å². The average molecular weight is 254 g/mol. The predicted molar refractivity (Wildman–Crippen MR) is 73.8 cm³/mol. The van der Waals surface area contributed by atoms with Gasteiger partial charge in [-0.15, -0.1) is 0 Å². The molecule has 2 aromatic heterocycles. The van der Waals surface area contributed by atoms with Gasteiger partial charge in [-0.2, -0.15) is 0 Å². The number of aromatic nitrogens is 3. The van der Waals surface area contributed by atoms with Crippen molar-refractivity contribution in [3.8, 4) is 17.3 Å². The van der Waals surface area contributed by atoms with E-state index in [1.165, 1.54) is 0 Å². The molecule has 0 bridgehead atoms. The van der Waals surface area contributed by atoms with Crippen LogP contribution in [-0.2, 0) is 6.54 Å². The summed E-state index contributed by atoms with van der Waals surface area (Å²) in [6.07, 6.45) is 1.69. The number of nitrogens with one attached hydrogen (secondary N) is 1. The van der Waals surface area contributed by atoms with E-state index < -0.39 is 0 Å². The fourth-order valence-corrected chi connectivity index (χ4v) is 2.12. The Morgan fingerprint density at radius 3 is 2.95 bits per heavy atom. The average Bonchev–Trinajstić information content (AvgIpc) is 2.90. The van der Waals surface area contributed by atoms with Crippen LogP contribution in [0.4, 0.5) is 0 Å². The van der Waals surface area contributed by atoms with Gasteiger partial charge in [-0.25, -0.2) is 9.97 Å². The van der Waals surface area contributed by atoms with Crippen molar-refractivity contribution in [3.63, 3.8) is 0 Å². The highest BCUT2D eigenvalue weighted by atomic mass is 16.5. The zero-order chi connectivity index (χ0) is 13.2. The number of nitrogens with zero attached hydrogens (tertiary/aromatic N) is 2. The van der Waals surface area contributed by atoms with Gasteiger partial charge >= 0.3 is 0 Å². The van der Waals surface area contributed by atoms with Crippen molar-refractivity contribution in [1.82, 2.24) is 15.0 Å². The van der Waals surface area contributed by atoms with E-state index >= 15 is 0 Å². The van der Waals surface area contributed by atoms with Crippen LogP contribution < -0.4 is 10.5 Å². The van der Waals surface area contributed by atoms with Crippen LogP contribution in [0.15, 0.2) is 36.5 Å². The Morgan fingerprint density at radius 2 is 2.16 bits per heavy atom. The van der Waals surface area contributed by atoms with Gasteiger partial charge in [-0.1, -0.05) is 12.1 Å². The molecule has 3 rings (SSSR count). The van der Waals surface area contributed by atoms with E-state index in [1.807, 2.05) is 30.3 Å². The highest BCUT2D eigenvalue weighted by Crippen LogP contribution is 2.28. The van der Waals surface area contributed by atoms with Crippen molar-refractivity contribution >= 4 is 11.0 Å². The molecule has 0 aliphatic carbocycles. The standard InChI is InChI=1S/C14H14N4O/c1-19-14-10(5-3-7-16-14)13-17-11-6-2-4-9(8-15)12(11)18-13/h2-7H,8,15H2,1H3,(H,17,18). The number of fused-ring (bicyclic) bond motifs is 1. The first-order valence-electron chi connectivity index (χ1n) is 6.00. The van der Waals surface area contributed by atoms with E-state index in [0.717, 1.165) is 28.0 Å². The Balaban J connectivity index is 2.21. The van der Waals surface area contributed by atoms with Gasteiger partial charge in [-0.3, -0.25) is 0 Å². The third-order valence-electron chi connectivity index (χ3n) is 3.04. The molecule has 0 aliphatic heterocycles. The molecule has 5 heteroatoms. The maximum Gasteiger partial charge on any atom is 0.224 e. The molecule has 1 aromatic carbocycles. The molecule has 0 spiro atoms. The van der Waals surface area contributed by atoms with E-state index in [4.69, 9.17) is 10.5 Å². The number of hydrogen-bond donors (Lipinski definition) is 2. The normalized spacial score (nSPS) is 10.8. The molecule has 96 valence electrons. The van der Waals surface area contributed by atoms with Gasteiger partial charge in [0.25, 0.3) is 0 Å². The minimum absolute atomic E-state index is 0.464. The zero-order valence-electron chi connectivity index (χ0n) is 10.6. The van der Waals surface area contributed by atoms with Crippen molar-refractivity contribution in [1.29, 1.82) is 0 Å². The van der Waals surface area contributed by atoms with Crippen LogP contribution in [0.25, 0.3) is 22.4 Å². The van der Waals surface area contributed by atoms with Crippen molar-refractivity contribution in [2.75, 3.05) is 7.11 Å². The number of pyridine rings is 1. The van der Waals surface area contributed by atoms with E-state index in [2.05, 4.69) is 15.0 Å². The van der Waals surface area contributed by atoms with Crippen LogP contribution in [0.1, 0.15) is 5.56 Å². The van der Waals surface area contributed by atoms with Crippen LogP contribution in [-0.4, -0.2) is 22.1 Å². The summed E-state index contributed by atoms with van der Waals surface area (Å²) in [4.78, 5) is 12.1. The maximum absolute atomic E-state index is 5.73. The van der Waals surface area contributed by atoms with Gasteiger partial charge in [0, 0.05) is 12.7 Å². The minimum atomic E-state index is 0.464. The van der Waals surface area contributed by atoms with Gasteiger partial charge in [0.2, 0.25) is 5.88 Å². The van der Waals surface area contributed by atoms with Gasteiger partial charge in [0.1, 0.15) is 5.82 Å². The Labute approximate surface area is 110 Å². The van der Waals surface area contributed by atoms with E-state index in [1.54, 1.807) is 13.3 Å². The van der Waals surface area contributed by atoms with Crippen LogP contribution in [0.2, 0.25) is 0 Å². The number of ether oxygens (including phenoxy) is 1. The first-order chi connectivity index (χ1) is 9.33. The van der Waals surface area contributed by atoms with E-state index in [-0.39, 0.29) is 0 Å². The molecule has 3 aromatic rings. The Morgan fingerprint density at radius 1 is 1.26 bits per heavy atom. The lowest BCUT2D eigenvalue weighted by Crippen LogP contribution is -1.96. The van der Waals surface area contributed by atoms with Crippen molar-refractivity contribution < 1.29 is 4.74 Å². The molecule has 19 heavy (non-hydrogen) atoms. The highest BCUT2D eigenvalue weighted by molar-refractivity contribution is 5.83. The lowest BCUT2D eigenvalue weighted by molar-refractivity contribution is 0.399. The molecule has 0 saturated carbocycles. The van der Waals surface area contributed by atoms with Crippen LogP contribution in [0.3, 0.4) is 0 Å². The Hall–Kier alpha value is -2.40. The Kier molecular flexibility index (Phi) is 2.89. The smallest absolute Gasteiger partial charge is 0.224 e. The van der Waals surface area contributed by atoms with E-state index in [9.17, 15) is 0 Å². The number of para-hydroxylation sites is 1. The Bertz CT molecular complexity index is 720. The second-order valence-corrected chi connectivity index (χ2v) is 4.16. The molecular weight excluding hydrogens is 240 g/mol. The monoisotopic (exact) mass is 254 g/mol. The highest BCUT2D eigenvalue weighted by Gasteiger charge is 2.12. The molecule has 0 fully saturated rings. The predicted octanol–water partition coefficient (Wildman–Crippen LogP) is 2.09. The van der Waals surface area contributed by atoms with Crippen molar-refractivity contribution in [3.05, 3.63) is 42.1 Å². The molecule has 0 atom stereocenters. The number of nitrogens with two attached hydrogens (primary N) is 1. The van der Waals surface area contributed by atoms with Crippen molar-refractivity contribution in [2.24, 2.45) is 5.73 Å². The topological polar surface area (TPSA) is 76.8 Å². The molecule has 2 heterocycles. The van der Waals surface area contributed by atoms with Crippen molar-refractivity contribution in [2.45, 2.75) is 6.54 Å². The molecule has 3 N–H and O–H groups in total. The van der Waals surface area contributed by atoms with Gasteiger partial charge < -0.3 is 15.5 Å². The number of imidazole rings is 1. The second kappa shape index (κ2) is 4.70. The maximum atomic E-state index is 5.73. The third kappa shape index (κ3) is 1.94. The number of methoxy groups -OCH3 is 1. The molecule has 0 saturated heterocycles. The molecule has 0 amide bonds. The summed E-state index contributed by atoms with van der Waals surface area (Å²) in [5.41, 5.74) is 9.44. The summed E-state index contributed by atoms with van der Waals surface area (Å²) in [7, 11) is 1.60. The lowest BCUT2D eigenvalue weighted by atomic mass is 10.2. The third-order valence-corrected chi connectivity index (χ3v) is 3.04. The summed E-state index contributed by atoms with van der Waals surface area (Å²) >= 11 is 0. The largest absolute Gasteiger partial charge is 0.480 e. The first kappa shape index (κ1) is 11.7. The first-order valence-corrected chi connectivity index (χ1v) is 6.00. The minimum Gasteiger partial charge on any atom is -0.480 e. The SMILES string of the molecule is COc1ncccc1-c1nc2c(CN)cccc2[nH]1. The summed E-state index contributed by atoms with van der Waals surface area (Å²) in [6.45, 7) is 0.464. The van der Waals surface area contributed by atoms with Gasteiger partial charge in [-0.05, 0) is 23.8 Å². The zero-order valence-corrected chi connectivity index (χ0v) is 10.6. The quantitative estimate of drug-likeness (QED) is 0.750.